The third kappa shape index (κ3) is 13.1. The van der Waals surface area contributed by atoms with E-state index < -0.39 is 115 Å². The number of aliphatic imine (C=N–C) groups is 1. The Morgan fingerprint density at radius 3 is 1.44 bits per heavy atom. The zero-order chi connectivity index (χ0) is 53.7. The highest BCUT2D eigenvalue weighted by Crippen LogP contribution is 2.35. The molecule has 0 aromatic carbocycles. The number of aromatic nitrogens is 8. The molecular weight excluding hydrogens is 1040 g/mol. The number of nitrogens with two attached hydrogens (primary N) is 4. The lowest BCUT2D eigenvalue weighted by Gasteiger charge is -2.43. The van der Waals surface area contributed by atoms with Crippen molar-refractivity contribution in [1.82, 2.24) is 48.6 Å². The molecule has 0 bridgehead atoms. The maximum Gasteiger partial charge on any atom is 0.362 e. The van der Waals surface area contributed by atoms with Gasteiger partial charge in [-0.25, -0.2) is 28.2 Å². The number of nitrogen functional groups attached to an aromatic ring is 2. The summed E-state index contributed by atoms with van der Waals surface area (Å²) in [5.74, 6) is -8.81. The summed E-state index contributed by atoms with van der Waals surface area (Å²) in [5, 5.41) is 44.8. The first-order valence-corrected chi connectivity index (χ1v) is 24.8. The van der Waals surface area contributed by atoms with E-state index in [2.05, 4.69) is 45.7 Å². The van der Waals surface area contributed by atoms with Gasteiger partial charge in [0.1, 0.15) is 17.1 Å². The van der Waals surface area contributed by atoms with Crippen LogP contribution < -0.4 is 22.9 Å². The minimum atomic E-state index is -4.95. The SMILES string of the molecule is CC(C)(O/N=C(\C(=O)C[C@@H]1C(=O)N(S(=O)(=O)O)[C@@H]1Cn1ncc(CN)n1)c1csc(N)n1)C(=O)O.CC(C)(O/N=C(\C(=O)C[C@@H]1C(=O)N(S(=O)(=O)O)[C@@H]1Cn1ncc(CN=CN)n1)c1csc(N)n1)C(=O)O. The van der Waals surface area contributed by atoms with Gasteiger partial charge in [-0.3, -0.25) is 33.3 Å². The van der Waals surface area contributed by atoms with Crippen LogP contribution in [0, 0.1) is 11.8 Å². The molecule has 2 saturated heterocycles. The van der Waals surface area contributed by atoms with Gasteiger partial charge in [-0.2, -0.15) is 46.8 Å². The number of hydrogen-bond donors (Lipinski definition) is 8. The van der Waals surface area contributed by atoms with Gasteiger partial charge in [0.25, 0.3) is 0 Å². The Labute approximate surface area is 414 Å². The molecule has 72 heavy (non-hydrogen) atoms. The number of amides is 2. The third-order valence-corrected chi connectivity index (χ3v) is 13.4. The number of β-lactam (4-membered cyclic amide) rings is 2. The van der Waals surface area contributed by atoms with Crippen molar-refractivity contribution in [3.63, 3.8) is 0 Å². The lowest BCUT2D eigenvalue weighted by molar-refractivity contribution is -0.161. The first-order valence-electron chi connectivity index (χ1n) is 20.3. The van der Waals surface area contributed by atoms with Gasteiger partial charge in [-0.15, -0.1) is 22.7 Å². The highest BCUT2D eigenvalue weighted by atomic mass is 32.2. The molecule has 0 radical (unpaired) electrons. The van der Waals surface area contributed by atoms with E-state index in [4.69, 9.17) is 32.6 Å². The summed E-state index contributed by atoms with van der Waals surface area (Å²) in [6, 6.07) is -2.42. The minimum absolute atomic E-state index is 0.0185. The quantitative estimate of drug-likeness (QED) is 0.0123. The molecule has 6 heterocycles. The van der Waals surface area contributed by atoms with E-state index in [1.807, 2.05) is 0 Å². The molecule has 0 spiro atoms. The molecule has 37 heteroatoms. The van der Waals surface area contributed by atoms with E-state index in [9.17, 15) is 64.9 Å². The number of oxime groups is 2. The zero-order valence-electron chi connectivity index (χ0n) is 37.9. The van der Waals surface area contributed by atoms with Crippen LogP contribution in [0.25, 0.3) is 0 Å². The minimum Gasteiger partial charge on any atom is -0.478 e. The number of Topliss-reactive ketones (excluding diaryl/α,β-unsaturated/α-hetero) is 2. The van der Waals surface area contributed by atoms with Crippen LogP contribution in [0.3, 0.4) is 0 Å². The molecule has 2 aliphatic heterocycles. The number of aliphatic carboxylic acids is 2. The molecule has 2 amide bonds. The van der Waals surface area contributed by atoms with Crippen LogP contribution in [0.1, 0.15) is 63.3 Å². The summed E-state index contributed by atoms with van der Waals surface area (Å²) >= 11 is 1.96. The summed E-state index contributed by atoms with van der Waals surface area (Å²) in [4.78, 5) is 98.1. The molecule has 0 aliphatic carbocycles. The van der Waals surface area contributed by atoms with Crippen LogP contribution in [0.15, 0.2) is 38.5 Å². The number of carbonyl (C=O) groups is 6. The van der Waals surface area contributed by atoms with E-state index in [-0.39, 0.29) is 56.4 Å². The highest BCUT2D eigenvalue weighted by molar-refractivity contribution is 7.84. The van der Waals surface area contributed by atoms with Crippen LogP contribution >= 0.6 is 22.7 Å². The summed E-state index contributed by atoms with van der Waals surface area (Å²) in [5.41, 5.74) is 18.3. The van der Waals surface area contributed by atoms with Crippen LogP contribution in [0.5, 0.6) is 0 Å². The largest absolute Gasteiger partial charge is 0.478 e. The fourth-order valence-corrected chi connectivity index (χ4v) is 9.25. The number of hydrogen-bond acceptors (Lipinski definition) is 26. The molecule has 0 saturated carbocycles. The lowest BCUT2D eigenvalue weighted by atomic mass is 9.84. The van der Waals surface area contributed by atoms with E-state index in [1.165, 1.54) is 50.8 Å². The van der Waals surface area contributed by atoms with Gasteiger partial charge < -0.3 is 42.8 Å². The van der Waals surface area contributed by atoms with Crippen LogP contribution in [0.4, 0.5) is 10.3 Å². The fraction of sp³-hybridized carbons (Fsp3) is 0.457. The molecule has 390 valence electrons. The third-order valence-electron chi connectivity index (χ3n) is 10.2. The maximum atomic E-state index is 13.2. The van der Waals surface area contributed by atoms with Crippen molar-refractivity contribution < 1.29 is 74.6 Å². The number of carboxylic acid groups (broad SMARTS) is 2. The average Bonchev–Trinajstić information content (AvgIpc) is 4.12. The Hall–Kier alpha value is -7.45. The molecule has 0 unspecified atom stereocenters. The molecule has 4 aromatic heterocycles. The van der Waals surface area contributed by atoms with Crippen LogP contribution in [0.2, 0.25) is 0 Å². The first kappa shape index (κ1) is 55.5. The number of ketones is 2. The van der Waals surface area contributed by atoms with E-state index in [0.29, 0.717) is 11.4 Å². The second-order valence-corrected chi connectivity index (χ2v) is 20.5. The average molecular weight is 1090 g/mol. The van der Waals surface area contributed by atoms with Crippen LogP contribution in [-0.4, -0.2) is 161 Å². The number of anilines is 2. The monoisotopic (exact) mass is 1090 g/mol. The normalized spacial score (nSPS) is 18.8. The summed E-state index contributed by atoms with van der Waals surface area (Å²) in [7, 11) is -9.88. The second-order valence-electron chi connectivity index (χ2n) is 16.1. The van der Waals surface area contributed by atoms with Crippen molar-refractivity contribution in [3.05, 3.63) is 45.9 Å². The fourth-order valence-electron chi connectivity index (χ4n) is 6.32. The number of rotatable bonds is 23. The number of thiazole rings is 2. The lowest BCUT2D eigenvalue weighted by Crippen LogP contribution is -2.64. The standard InChI is InChI=1S/C18H23N9O8S2.C17H22N8O8S2/c1-18(2,16(30)31)35-25-14(11-7-36-17(20)23-11)13(28)3-10-12(27(15(10)29)37(32,33)34)6-26-22-5-9(24-26)4-21-8-19;1-17(2,15(28)29)33-23-13(10-7-34-16(19)21-10)12(26)3-9-11(25(14(9)27)35(30,31)32)6-24-20-5-8(4-18)22-24/h5,7-8,10,12H,3-4,6H2,1-2H3,(H2,19,21)(H2,20,23)(H,30,31)(H,32,33,34);5,7,9,11H,3-4,6,18H2,1-2H3,(H2,19,21)(H,28,29)(H,30,31,32)/b25-14-;23-13-/t10-,12+;9-,11+/m00/s1. The van der Waals surface area contributed by atoms with Crippen molar-refractivity contribution in [2.24, 2.45) is 38.6 Å². The van der Waals surface area contributed by atoms with Gasteiger partial charge in [0, 0.05) is 30.1 Å². The smallest absolute Gasteiger partial charge is 0.362 e. The van der Waals surface area contributed by atoms with Gasteiger partial charge in [0.2, 0.25) is 23.0 Å². The summed E-state index contributed by atoms with van der Waals surface area (Å²) in [6.45, 7) is 4.45. The Bertz CT molecular complexity index is 3050. The summed E-state index contributed by atoms with van der Waals surface area (Å²) in [6.07, 6.45) is 2.63. The molecule has 4 atom stereocenters. The van der Waals surface area contributed by atoms with Gasteiger partial charge in [-0.1, -0.05) is 10.3 Å². The Balaban J connectivity index is 0.000000268. The van der Waals surface area contributed by atoms with Crippen molar-refractivity contribution in [2.75, 3.05) is 11.5 Å². The zero-order valence-corrected chi connectivity index (χ0v) is 41.1. The molecular formula is C35H45N17O16S4. The van der Waals surface area contributed by atoms with Crippen molar-refractivity contribution in [1.29, 1.82) is 0 Å². The van der Waals surface area contributed by atoms with E-state index >= 15 is 0 Å². The van der Waals surface area contributed by atoms with E-state index in [0.717, 1.165) is 38.6 Å². The Kier molecular flexibility index (Phi) is 16.9. The van der Waals surface area contributed by atoms with Crippen molar-refractivity contribution in [2.45, 2.75) is 90.0 Å². The number of carbonyl (C=O) groups excluding carboxylic acids is 4. The van der Waals surface area contributed by atoms with Crippen LogP contribution in [-0.2, 0) is 85.2 Å². The first-order chi connectivity index (χ1) is 33.5. The topological polar surface area (TPSA) is 505 Å². The maximum absolute atomic E-state index is 13.2. The molecule has 12 N–H and O–H groups in total. The van der Waals surface area contributed by atoms with Gasteiger partial charge in [0.05, 0.1) is 68.0 Å². The van der Waals surface area contributed by atoms with Crippen molar-refractivity contribution in [3.8, 4) is 0 Å². The predicted octanol–water partition coefficient (Wildman–Crippen LogP) is -2.67. The highest BCUT2D eigenvalue weighted by Gasteiger charge is 2.55. The molecule has 2 aliphatic rings. The molecule has 2 fully saturated rings. The molecule has 33 nitrogen and oxygen atoms in total. The van der Waals surface area contributed by atoms with Gasteiger partial charge >= 0.3 is 32.5 Å². The molecule has 6 rings (SSSR count). The predicted molar refractivity (Wildman–Crippen MR) is 247 cm³/mol. The van der Waals surface area contributed by atoms with Crippen molar-refractivity contribution >= 4 is 107 Å². The number of carboxylic acids is 2. The number of nitrogens with zero attached hydrogens (tertiary/aromatic N) is 13. The van der Waals surface area contributed by atoms with E-state index in [1.54, 1.807) is 0 Å². The Morgan fingerprint density at radius 2 is 1.12 bits per heavy atom. The summed E-state index contributed by atoms with van der Waals surface area (Å²) < 4.78 is 66.6. The second kappa shape index (κ2) is 21.9. The molecule has 4 aromatic rings. The Morgan fingerprint density at radius 1 is 0.736 bits per heavy atom. The van der Waals surface area contributed by atoms with Gasteiger partial charge in [-0.05, 0) is 27.7 Å². The van der Waals surface area contributed by atoms with Gasteiger partial charge in [0.15, 0.2) is 33.3 Å².